The molecule has 4 rings (SSSR count). The Balaban J connectivity index is 1.55. The Morgan fingerprint density at radius 1 is 0.935 bits per heavy atom. The summed E-state index contributed by atoms with van der Waals surface area (Å²) < 4.78 is 28.5. The van der Waals surface area contributed by atoms with Crippen molar-refractivity contribution in [2.24, 2.45) is 0 Å². The quantitative estimate of drug-likeness (QED) is 0.689. The van der Waals surface area contributed by atoms with Gasteiger partial charge in [-0.15, -0.1) is 11.8 Å². The number of nitrogens with zero attached hydrogens (tertiary/aromatic N) is 2. The molecule has 0 N–H and O–H groups in total. The van der Waals surface area contributed by atoms with Crippen molar-refractivity contribution in [1.82, 2.24) is 9.21 Å². The predicted octanol–water partition coefficient (Wildman–Crippen LogP) is 4.29. The van der Waals surface area contributed by atoms with Gasteiger partial charge in [0.05, 0.1) is 9.77 Å². The number of carbonyl (C=O) groups excluding carboxylic acids is 1. The molecule has 1 spiro atoms. The molecule has 7 heteroatoms. The molecule has 0 unspecified atom stereocenters. The second-order valence-corrected chi connectivity index (χ2v) is 12.1. The molecule has 1 amide bonds. The van der Waals surface area contributed by atoms with Gasteiger partial charge in [0.2, 0.25) is 10.0 Å². The number of hydrogen-bond donors (Lipinski definition) is 0. The number of sulfonamides is 1. The van der Waals surface area contributed by atoms with Crippen LogP contribution in [0.3, 0.4) is 0 Å². The smallest absolute Gasteiger partial charge is 0.255 e. The number of hydrogen-bond acceptors (Lipinski definition) is 4. The van der Waals surface area contributed by atoms with Gasteiger partial charge in [-0.3, -0.25) is 4.79 Å². The lowest BCUT2D eigenvalue weighted by molar-refractivity contribution is 0.0605. The maximum atomic E-state index is 13.5. The van der Waals surface area contributed by atoms with E-state index in [2.05, 4.69) is 0 Å². The summed E-state index contributed by atoms with van der Waals surface area (Å²) in [5, 5.41) is 0. The van der Waals surface area contributed by atoms with Crippen LogP contribution < -0.4 is 0 Å². The monoisotopic (exact) mass is 458 g/mol. The first-order valence-electron chi connectivity index (χ1n) is 10.7. The Kier molecular flexibility index (Phi) is 5.96. The van der Waals surface area contributed by atoms with Gasteiger partial charge in [0.25, 0.3) is 5.91 Å². The van der Waals surface area contributed by atoms with Crippen LogP contribution in [0.15, 0.2) is 41.3 Å². The van der Waals surface area contributed by atoms with Gasteiger partial charge in [0, 0.05) is 31.0 Å². The standard InChI is InChI=1S/C24H30N2O3S2/c1-17-6-5-7-21(16-17)23(27)26-12-13-30-24(26)8-10-25(11-9-24)31(28,29)22-19(3)14-18(2)15-20(22)4/h5-7,14-16H,8-13H2,1-4H3. The molecule has 2 aromatic rings. The van der Waals surface area contributed by atoms with Crippen LogP contribution >= 0.6 is 11.8 Å². The molecule has 166 valence electrons. The molecule has 2 aliphatic rings. The SMILES string of the molecule is Cc1cccc(C(=O)N2CCSC23CCN(S(=O)(=O)c2c(C)cc(C)cc2C)CC3)c1. The van der Waals surface area contributed by atoms with E-state index in [4.69, 9.17) is 0 Å². The maximum absolute atomic E-state index is 13.5. The molecule has 0 radical (unpaired) electrons. The second-order valence-electron chi connectivity index (χ2n) is 8.75. The van der Waals surface area contributed by atoms with Crippen LogP contribution in [-0.4, -0.2) is 53.8 Å². The van der Waals surface area contributed by atoms with Crippen molar-refractivity contribution in [3.8, 4) is 0 Å². The van der Waals surface area contributed by atoms with E-state index in [0.29, 0.717) is 42.9 Å². The lowest BCUT2D eigenvalue weighted by Gasteiger charge is -2.43. The van der Waals surface area contributed by atoms with E-state index in [1.807, 2.05) is 69.0 Å². The van der Waals surface area contributed by atoms with Gasteiger partial charge >= 0.3 is 0 Å². The van der Waals surface area contributed by atoms with Gasteiger partial charge in [-0.05, 0) is 63.8 Å². The van der Waals surface area contributed by atoms with Crippen LogP contribution in [0.25, 0.3) is 0 Å². The molecule has 2 saturated heterocycles. The fourth-order valence-corrected chi connectivity index (χ4v) is 8.33. The zero-order valence-electron chi connectivity index (χ0n) is 18.6. The Morgan fingerprint density at radius 2 is 1.58 bits per heavy atom. The van der Waals surface area contributed by atoms with Gasteiger partial charge in [-0.1, -0.05) is 35.4 Å². The van der Waals surface area contributed by atoms with Crippen LogP contribution in [-0.2, 0) is 10.0 Å². The van der Waals surface area contributed by atoms with Crippen molar-refractivity contribution < 1.29 is 13.2 Å². The van der Waals surface area contributed by atoms with Crippen molar-refractivity contribution in [1.29, 1.82) is 0 Å². The average Bonchev–Trinajstić information content (AvgIpc) is 3.09. The number of rotatable bonds is 3. The van der Waals surface area contributed by atoms with Gasteiger partial charge < -0.3 is 4.90 Å². The molecule has 0 saturated carbocycles. The van der Waals surface area contributed by atoms with Gasteiger partial charge in [-0.25, -0.2) is 8.42 Å². The van der Waals surface area contributed by atoms with Gasteiger partial charge in [-0.2, -0.15) is 4.31 Å². The van der Waals surface area contributed by atoms with E-state index in [1.165, 1.54) is 0 Å². The van der Waals surface area contributed by atoms with E-state index in [-0.39, 0.29) is 10.8 Å². The fraction of sp³-hybridized carbons (Fsp3) is 0.458. The Bertz CT molecular complexity index is 1100. The minimum atomic E-state index is -3.56. The number of piperidine rings is 1. The molecule has 2 heterocycles. The van der Waals surface area contributed by atoms with Crippen molar-refractivity contribution in [3.63, 3.8) is 0 Å². The third kappa shape index (κ3) is 4.03. The third-order valence-electron chi connectivity index (χ3n) is 6.39. The van der Waals surface area contributed by atoms with Crippen LogP contribution in [0.1, 0.15) is 45.5 Å². The Hall–Kier alpha value is -1.83. The van der Waals surface area contributed by atoms with Crippen molar-refractivity contribution >= 4 is 27.7 Å². The minimum Gasteiger partial charge on any atom is -0.323 e. The summed E-state index contributed by atoms with van der Waals surface area (Å²) in [6, 6.07) is 11.6. The summed E-state index contributed by atoms with van der Waals surface area (Å²) in [6.07, 6.45) is 1.30. The largest absolute Gasteiger partial charge is 0.323 e. The van der Waals surface area contributed by atoms with Crippen LogP contribution in [0.5, 0.6) is 0 Å². The summed E-state index contributed by atoms with van der Waals surface area (Å²) in [4.78, 5) is 15.4. The maximum Gasteiger partial charge on any atom is 0.255 e. The van der Waals surface area contributed by atoms with E-state index >= 15 is 0 Å². The molecule has 2 aromatic carbocycles. The molecular weight excluding hydrogens is 428 g/mol. The molecule has 0 bridgehead atoms. The van der Waals surface area contributed by atoms with Crippen LogP contribution in [0, 0.1) is 27.7 Å². The van der Waals surface area contributed by atoms with Crippen LogP contribution in [0.4, 0.5) is 0 Å². The molecule has 5 nitrogen and oxygen atoms in total. The van der Waals surface area contributed by atoms with Crippen molar-refractivity contribution in [2.75, 3.05) is 25.4 Å². The molecule has 31 heavy (non-hydrogen) atoms. The molecule has 0 aliphatic carbocycles. The highest BCUT2D eigenvalue weighted by Gasteiger charge is 2.48. The first-order valence-corrected chi connectivity index (χ1v) is 13.2. The van der Waals surface area contributed by atoms with E-state index in [1.54, 1.807) is 16.1 Å². The minimum absolute atomic E-state index is 0.0511. The highest BCUT2D eigenvalue weighted by Crippen LogP contribution is 2.45. The zero-order chi connectivity index (χ0) is 22.4. The molecule has 2 aliphatic heterocycles. The van der Waals surface area contributed by atoms with Crippen LogP contribution in [0.2, 0.25) is 0 Å². The van der Waals surface area contributed by atoms with Gasteiger partial charge in [0.1, 0.15) is 0 Å². The summed E-state index contributed by atoms with van der Waals surface area (Å²) in [5.74, 6) is 0.941. The van der Waals surface area contributed by atoms with Gasteiger partial charge in [0.15, 0.2) is 0 Å². The molecule has 0 aromatic heterocycles. The van der Waals surface area contributed by atoms with Crippen molar-refractivity contribution in [2.45, 2.75) is 50.3 Å². The highest BCUT2D eigenvalue weighted by atomic mass is 32.2. The molecule has 2 fully saturated rings. The summed E-state index contributed by atoms with van der Waals surface area (Å²) in [7, 11) is -3.56. The zero-order valence-corrected chi connectivity index (χ0v) is 20.3. The summed E-state index contributed by atoms with van der Waals surface area (Å²) >= 11 is 1.80. The van der Waals surface area contributed by atoms with Crippen molar-refractivity contribution in [3.05, 3.63) is 64.2 Å². The Morgan fingerprint density at radius 3 is 2.19 bits per heavy atom. The fourth-order valence-electron chi connectivity index (χ4n) is 5.02. The number of thioether (sulfide) groups is 1. The van der Waals surface area contributed by atoms with E-state index in [9.17, 15) is 13.2 Å². The number of benzene rings is 2. The highest BCUT2D eigenvalue weighted by molar-refractivity contribution is 8.00. The topological polar surface area (TPSA) is 57.7 Å². The normalized spacial score (nSPS) is 19.2. The predicted molar refractivity (Wildman–Crippen MR) is 126 cm³/mol. The van der Waals surface area contributed by atoms with E-state index in [0.717, 1.165) is 28.0 Å². The first-order chi connectivity index (χ1) is 14.6. The molecular formula is C24H30N2O3S2. The summed E-state index contributed by atoms with van der Waals surface area (Å²) in [6.45, 7) is 9.28. The Labute approximate surface area is 189 Å². The number of carbonyl (C=O) groups is 1. The number of aryl methyl sites for hydroxylation is 4. The summed E-state index contributed by atoms with van der Waals surface area (Å²) in [5.41, 5.74) is 4.44. The third-order valence-corrected chi connectivity index (χ3v) is 10.2. The van der Waals surface area contributed by atoms with E-state index < -0.39 is 10.0 Å². The number of amides is 1. The second kappa shape index (κ2) is 8.26. The molecule has 0 atom stereocenters. The lowest BCUT2D eigenvalue weighted by Crippen LogP contribution is -2.53. The lowest BCUT2D eigenvalue weighted by atomic mass is 10.0. The average molecular weight is 459 g/mol. The first kappa shape index (κ1) is 22.4.